The molecule has 0 fully saturated rings. The molecule has 4 rings (SSSR count). The summed E-state index contributed by atoms with van der Waals surface area (Å²) in [6.45, 7) is 3.53. The Morgan fingerprint density at radius 3 is 2.33 bits per heavy atom. The summed E-state index contributed by atoms with van der Waals surface area (Å²) in [4.78, 5) is 27.6. The van der Waals surface area contributed by atoms with E-state index in [2.05, 4.69) is 5.32 Å². The van der Waals surface area contributed by atoms with E-state index in [1.165, 1.54) is 42.3 Å². The molecule has 0 radical (unpaired) electrons. The number of sulfonamides is 1. The third-order valence-corrected chi connectivity index (χ3v) is 8.28. The zero-order chi connectivity index (χ0) is 28.2. The summed E-state index contributed by atoms with van der Waals surface area (Å²) in [6, 6.07) is 15.5. The van der Waals surface area contributed by atoms with E-state index in [4.69, 9.17) is 9.47 Å². The van der Waals surface area contributed by atoms with E-state index in [9.17, 15) is 22.4 Å². The number of halogens is 1. The second-order valence-electron chi connectivity index (χ2n) is 9.03. The minimum absolute atomic E-state index is 0.0847. The summed E-state index contributed by atoms with van der Waals surface area (Å²) < 4.78 is 53.5. The lowest BCUT2D eigenvalue weighted by molar-refractivity contribution is -0.139. The molecule has 0 bridgehead atoms. The van der Waals surface area contributed by atoms with Crippen LogP contribution in [0.5, 0.6) is 11.5 Å². The first-order valence-corrected chi connectivity index (χ1v) is 13.8. The van der Waals surface area contributed by atoms with Crippen LogP contribution in [0.3, 0.4) is 0 Å². The summed E-state index contributed by atoms with van der Waals surface area (Å²) in [7, 11) is -2.87. The second kappa shape index (κ2) is 11.7. The quantitative estimate of drug-likeness (QED) is 0.435. The normalized spacial score (nSPS) is 13.3. The number of nitrogens with zero attached hydrogens (tertiary/aromatic N) is 2. The van der Waals surface area contributed by atoms with Gasteiger partial charge in [-0.15, -0.1) is 0 Å². The van der Waals surface area contributed by atoms with Crippen molar-refractivity contribution in [2.24, 2.45) is 0 Å². The number of carbonyl (C=O) groups excluding carboxylic acids is 2. The first-order valence-electron chi connectivity index (χ1n) is 12.4. The molecule has 3 aromatic rings. The molecule has 1 N–H and O–H groups in total. The van der Waals surface area contributed by atoms with Gasteiger partial charge in [0.25, 0.3) is 10.0 Å². The van der Waals surface area contributed by atoms with Crippen molar-refractivity contribution in [2.45, 2.75) is 31.3 Å². The van der Waals surface area contributed by atoms with Gasteiger partial charge in [0.2, 0.25) is 11.8 Å². The average molecular weight is 556 g/mol. The van der Waals surface area contributed by atoms with Crippen LogP contribution in [0.15, 0.2) is 71.6 Å². The number of amides is 2. The molecule has 206 valence electrons. The number of hydrogen-bond acceptors (Lipinski definition) is 6. The largest absolute Gasteiger partial charge is 0.486 e. The topological polar surface area (TPSA) is 105 Å². The fraction of sp³-hybridized carbons (Fsp3) is 0.286. The standard InChI is InChI=1S/C28H30FN3O6S/c1-19-6-4-5-7-21(19)17-31(20(2)28(34)30-3)27(33)18-32(23-10-8-22(29)9-11-23)39(35,36)24-12-13-25-26(16-24)38-15-14-37-25/h4-13,16,20H,14-15,17-18H2,1-3H3,(H,30,34). The molecule has 0 saturated heterocycles. The van der Waals surface area contributed by atoms with Gasteiger partial charge < -0.3 is 19.7 Å². The number of aryl methyl sites for hydroxylation is 1. The highest BCUT2D eigenvalue weighted by Gasteiger charge is 2.33. The smallest absolute Gasteiger partial charge is 0.264 e. The van der Waals surface area contributed by atoms with Gasteiger partial charge >= 0.3 is 0 Å². The van der Waals surface area contributed by atoms with Gasteiger partial charge in [0, 0.05) is 19.7 Å². The maximum atomic E-state index is 13.9. The molecule has 1 heterocycles. The lowest BCUT2D eigenvalue weighted by Gasteiger charge is -2.32. The molecule has 1 atom stereocenters. The van der Waals surface area contributed by atoms with Crippen molar-refractivity contribution in [3.8, 4) is 11.5 Å². The van der Waals surface area contributed by atoms with Gasteiger partial charge in [-0.25, -0.2) is 12.8 Å². The van der Waals surface area contributed by atoms with Gasteiger partial charge in [0.15, 0.2) is 11.5 Å². The van der Waals surface area contributed by atoms with Crippen LogP contribution in [0, 0.1) is 12.7 Å². The Hall–Kier alpha value is -4.12. The number of benzene rings is 3. The molecule has 1 aliphatic rings. The van der Waals surface area contributed by atoms with E-state index in [1.807, 2.05) is 31.2 Å². The molecule has 1 aliphatic heterocycles. The van der Waals surface area contributed by atoms with Crippen molar-refractivity contribution >= 4 is 27.5 Å². The van der Waals surface area contributed by atoms with Gasteiger partial charge in [-0.1, -0.05) is 24.3 Å². The van der Waals surface area contributed by atoms with Crippen LogP contribution < -0.4 is 19.1 Å². The number of nitrogens with one attached hydrogen (secondary N) is 1. The average Bonchev–Trinajstić information content (AvgIpc) is 2.94. The third-order valence-electron chi connectivity index (χ3n) is 6.51. The molecular weight excluding hydrogens is 525 g/mol. The zero-order valence-electron chi connectivity index (χ0n) is 21.9. The summed E-state index contributed by atoms with van der Waals surface area (Å²) in [6.07, 6.45) is 0. The van der Waals surface area contributed by atoms with E-state index in [0.29, 0.717) is 12.4 Å². The molecule has 1 unspecified atom stereocenters. The van der Waals surface area contributed by atoms with E-state index >= 15 is 0 Å². The van der Waals surface area contributed by atoms with E-state index < -0.39 is 40.2 Å². The SMILES string of the molecule is CNC(=O)C(C)N(Cc1ccccc1C)C(=O)CN(c1ccc(F)cc1)S(=O)(=O)c1ccc2c(c1)OCCO2. The van der Waals surface area contributed by atoms with Gasteiger partial charge in [0.05, 0.1) is 10.6 Å². The Morgan fingerprint density at radius 2 is 1.67 bits per heavy atom. The maximum Gasteiger partial charge on any atom is 0.264 e. The van der Waals surface area contributed by atoms with Crippen molar-refractivity contribution < 1.29 is 31.9 Å². The number of rotatable bonds is 9. The fourth-order valence-electron chi connectivity index (χ4n) is 4.21. The molecule has 0 aliphatic carbocycles. The van der Waals surface area contributed by atoms with Crippen molar-refractivity contribution in [1.29, 1.82) is 0 Å². The van der Waals surface area contributed by atoms with Crippen molar-refractivity contribution in [1.82, 2.24) is 10.2 Å². The maximum absolute atomic E-state index is 13.9. The number of hydrogen-bond donors (Lipinski definition) is 1. The number of anilines is 1. The Kier molecular flexibility index (Phi) is 8.39. The van der Waals surface area contributed by atoms with Crippen LogP contribution in [0.25, 0.3) is 0 Å². The van der Waals surface area contributed by atoms with Crippen LogP contribution in [-0.2, 0) is 26.2 Å². The van der Waals surface area contributed by atoms with Crippen molar-refractivity contribution in [2.75, 3.05) is 31.1 Å². The van der Waals surface area contributed by atoms with Gasteiger partial charge in [-0.05, 0) is 61.4 Å². The molecule has 11 heteroatoms. The summed E-state index contributed by atoms with van der Waals surface area (Å²) in [5.74, 6) is -0.897. The highest BCUT2D eigenvalue weighted by Crippen LogP contribution is 2.34. The Labute approximate surface area is 227 Å². The van der Waals surface area contributed by atoms with Crippen LogP contribution in [0.2, 0.25) is 0 Å². The van der Waals surface area contributed by atoms with E-state index in [1.54, 1.807) is 6.92 Å². The first-order chi connectivity index (χ1) is 18.6. The highest BCUT2D eigenvalue weighted by atomic mass is 32.2. The summed E-state index contributed by atoms with van der Waals surface area (Å²) in [5, 5.41) is 2.54. The molecule has 3 aromatic carbocycles. The van der Waals surface area contributed by atoms with Gasteiger partial charge in [0.1, 0.15) is 31.6 Å². The van der Waals surface area contributed by atoms with Crippen LogP contribution in [-0.4, -0.2) is 58.0 Å². The lowest BCUT2D eigenvalue weighted by atomic mass is 10.1. The summed E-state index contributed by atoms with van der Waals surface area (Å²) in [5.41, 5.74) is 1.81. The molecule has 0 saturated carbocycles. The predicted octanol–water partition coefficient (Wildman–Crippen LogP) is 3.26. The number of ether oxygens (including phenoxy) is 2. The molecule has 9 nitrogen and oxygen atoms in total. The van der Waals surface area contributed by atoms with E-state index in [-0.39, 0.29) is 29.5 Å². The predicted molar refractivity (Wildman–Crippen MR) is 144 cm³/mol. The Bertz CT molecular complexity index is 1460. The van der Waals surface area contributed by atoms with Crippen molar-refractivity contribution in [3.63, 3.8) is 0 Å². The molecule has 0 spiro atoms. The highest BCUT2D eigenvalue weighted by molar-refractivity contribution is 7.92. The second-order valence-corrected chi connectivity index (χ2v) is 10.9. The molecule has 2 amide bonds. The minimum Gasteiger partial charge on any atom is -0.486 e. The van der Waals surface area contributed by atoms with Crippen LogP contribution in [0.4, 0.5) is 10.1 Å². The van der Waals surface area contributed by atoms with Crippen molar-refractivity contribution in [3.05, 3.63) is 83.7 Å². The Balaban J connectivity index is 1.73. The molecular formula is C28H30FN3O6S. The first kappa shape index (κ1) is 27.9. The fourth-order valence-corrected chi connectivity index (χ4v) is 5.64. The number of likely N-dealkylation sites (N-methyl/N-ethyl adjacent to an activating group) is 1. The molecule has 39 heavy (non-hydrogen) atoms. The lowest BCUT2D eigenvalue weighted by Crippen LogP contribution is -2.50. The number of fused-ring (bicyclic) bond motifs is 1. The third kappa shape index (κ3) is 6.14. The van der Waals surface area contributed by atoms with Gasteiger partial charge in [-0.2, -0.15) is 0 Å². The zero-order valence-corrected chi connectivity index (χ0v) is 22.7. The summed E-state index contributed by atoms with van der Waals surface area (Å²) >= 11 is 0. The Morgan fingerprint density at radius 1 is 1.00 bits per heavy atom. The monoisotopic (exact) mass is 555 g/mol. The van der Waals surface area contributed by atoms with Gasteiger partial charge in [-0.3, -0.25) is 13.9 Å². The van der Waals surface area contributed by atoms with Crippen LogP contribution in [0.1, 0.15) is 18.1 Å². The van der Waals surface area contributed by atoms with E-state index in [0.717, 1.165) is 27.6 Å². The molecule has 0 aromatic heterocycles. The van der Waals surface area contributed by atoms with Crippen LogP contribution >= 0.6 is 0 Å². The minimum atomic E-state index is -4.33. The number of carbonyl (C=O) groups is 2.